The minimum absolute atomic E-state index is 0.0351. The summed E-state index contributed by atoms with van der Waals surface area (Å²) in [6, 6.07) is 0. The predicted molar refractivity (Wildman–Crippen MR) is 128 cm³/mol. The van der Waals surface area contributed by atoms with E-state index in [-0.39, 0.29) is 17.1 Å². The van der Waals surface area contributed by atoms with Gasteiger partial charge in [-0.1, -0.05) is 27.7 Å². The van der Waals surface area contributed by atoms with Crippen molar-refractivity contribution in [1.29, 1.82) is 0 Å². The Morgan fingerprint density at radius 2 is 1.38 bits per heavy atom. The van der Waals surface area contributed by atoms with Gasteiger partial charge in [-0.2, -0.15) is 0 Å². The van der Waals surface area contributed by atoms with Crippen LogP contribution in [0.25, 0.3) is 0 Å². The quantitative estimate of drug-likeness (QED) is 0.525. The van der Waals surface area contributed by atoms with Gasteiger partial charge in [0.15, 0.2) is 0 Å². The third kappa shape index (κ3) is 3.08. The Hall–Kier alpha value is -0.410. The molecular formula is C29H48O3. The lowest BCUT2D eigenvalue weighted by Crippen LogP contribution is -2.59. The smallest absolute Gasteiger partial charge is 0.138 e. The minimum Gasteiger partial charge on any atom is -0.388 e. The van der Waals surface area contributed by atoms with Gasteiger partial charge in [0.05, 0.1) is 17.3 Å². The van der Waals surface area contributed by atoms with Gasteiger partial charge in [0, 0.05) is 11.8 Å². The summed E-state index contributed by atoms with van der Waals surface area (Å²) < 4.78 is 6.68. The van der Waals surface area contributed by atoms with E-state index in [0.29, 0.717) is 28.4 Å². The van der Waals surface area contributed by atoms with Gasteiger partial charge >= 0.3 is 0 Å². The van der Waals surface area contributed by atoms with Crippen LogP contribution in [-0.2, 0) is 9.53 Å². The van der Waals surface area contributed by atoms with Crippen molar-refractivity contribution in [2.45, 2.75) is 130 Å². The van der Waals surface area contributed by atoms with Crippen LogP contribution < -0.4 is 0 Å². The molecule has 0 radical (unpaired) electrons. The summed E-state index contributed by atoms with van der Waals surface area (Å²) in [5.41, 5.74) is -0.250. The maximum atomic E-state index is 12.8. The standard InChI is InChI=1S/C29H48O3/c1-25(2)22-11-10-18-19(28(22,6)16-13-23(25)30)8-9-20-21(12-15-27(18,20)5)29(7)17-14-24(32-29)26(3,4)31/h18-22,24,31H,8-17H2,1-7H3/t18-,19+,20?,21+,22?,24+,27-,28-,29-/m1/s1. The van der Waals surface area contributed by atoms with Gasteiger partial charge in [0.2, 0.25) is 0 Å². The van der Waals surface area contributed by atoms with Crippen LogP contribution in [0.15, 0.2) is 0 Å². The van der Waals surface area contributed by atoms with Crippen LogP contribution in [0.3, 0.4) is 0 Å². The first kappa shape index (κ1) is 23.3. The molecule has 3 nitrogen and oxygen atoms in total. The molecule has 182 valence electrons. The predicted octanol–water partition coefficient (Wildman–Crippen LogP) is 6.56. The third-order valence-electron chi connectivity index (χ3n) is 12.2. The first-order chi connectivity index (χ1) is 14.7. The van der Waals surface area contributed by atoms with Crippen molar-refractivity contribution in [1.82, 2.24) is 0 Å². The van der Waals surface area contributed by atoms with Crippen LogP contribution >= 0.6 is 0 Å². The van der Waals surface area contributed by atoms with E-state index in [2.05, 4.69) is 34.6 Å². The number of ketones is 1. The summed E-state index contributed by atoms with van der Waals surface area (Å²) in [6.45, 7) is 15.8. The van der Waals surface area contributed by atoms with E-state index in [1.165, 1.54) is 38.5 Å². The summed E-state index contributed by atoms with van der Waals surface area (Å²) in [4.78, 5) is 12.8. The highest BCUT2D eigenvalue weighted by molar-refractivity contribution is 5.85. The molecule has 1 heterocycles. The zero-order chi connectivity index (χ0) is 23.3. The largest absolute Gasteiger partial charge is 0.388 e. The van der Waals surface area contributed by atoms with Gasteiger partial charge in [-0.25, -0.2) is 0 Å². The average molecular weight is 445 g/mol. The molecule has 1 aliphatic heterocycles. The zero-order valence-electron chi connectivity index (χ0n) is 21.8. The number of rotatable bonds is 2. The Morgan fingerprint density at radius 1 is 0.781 bits per heavy atom. The molecule has 3 heteroatoms. The van der Waals surface area contributed by atoms with Crippen molar-refractivity contribution in [3.63, 3.8) is 0 Å². The fraction of sp³-hybridized carbons (Fsp3) is 0.966. The SMILES string of the molecule is CC1(C)C(=O)CC[C@@]2(C)C1CC[C@@H]1[C@@H]2CCC2[C@@H]([C@@]3(C)CC[C@@H](C(C)(C)O)O3)CC[C@@]21C. The molecule has 5 rings (SSSR count). The lowest BCUT2D eigenvalue weighted by molar-refractivity contribution is -0.177. The average Bonchev–Trinajstić information content (AvgIpc) is 3.27. The number of hydrogen-bond acceptors (Lipinski definition) is 3. The van der Waals surface area contributed by atoms with Gasteiger partial charge in [0.1, 0.15) is 5.78 Å². The third-order valence-corrected chi connectivity index (χ3v) is 12.2. The molecule has 0 aromatic rings. The number of carbonyl (C=O) groups excluding carboxylic acids is 1. The van der Waals surface area contributed by atoms with Gasteiger partial charge < -0.3 is 9.84 Å². The Balaban J connectivity index is 1.40. The summed E-state index contributed by atoms with van der Waals surface area (Å²) in [5, 5.41) is 10.6. The summed E-state index contributed by atoms with van der Waals surface area (Å²) in [7, 11) is 0. The first-order valence-corrected chi connectivity index (χ1v) is 13.7. The maximum Gasteiger partial charge on any atom is 0.138 e. The van der Waals surface area contributed by atoms with Crippen molar-refractivity contribution in [3.05, 3.63) is 0 Å². The topological polar surface area (TPSA) is 46.5 Å². The van der Waals surface area contributed by atoms with E-state index >= 15 is 0 Å². The van der Waals surface area contributed by atoms with E-state index < -0.39 is 5.60 Å². The molecule has 2 unspecified atom stereocenters. The number of carbonyl (C=O) groups is 1. The number of fused-ring (bicyclic) bond motifs is 5. The van der Waals surface area contributed by atoms with E-state index in [9.17, 15) is 9.90 Å². The molecule has 5 aliphatic rings. The Kier molecular flexibility index (Phi) is 5.15. The second-order valence-electron chi connectivity index (χ2n) is 14.4. The zero-order valence-corrected chi connectivity index (χ0v) is 21.8. The first-order valence-electron chi connectivity index (χ1n) is 13.7. The van der Waals surface area contributed by atoms with Crippen LogP contribution in [-0.4, -0.2) is 28.2 Å². The molecule has 0 aromatic heterocycles. The molecular weight excluding hydrogens is 396 g/mol. The van der Waals surface area contributed by atoms with Crippen molar-refractivity contribution in [2.24, 2.45) is 45.8 Å². The molecule has 0 spiro atoms. The van der Waals surface area contributed by atoms with Gasteiger partial charge in [-0.05, 0) is 119 Å². The fourth-order valence-electron chi connectivity index (χ4n) is 10.4. The number of aliphatic hydroxyl groups is 1. The normalized spacial score (nSPS) is 52.9. The van der Waals surface area contributed by atoms with Crippen LogP contribution in [0.5, 0.6) is 0 Å². The Morgan fingerprint density at radius 3 is 2.00 bits per heavy atom. The Labute approximate surface area is 196 Å². The molecule has 9 atom stereocenters. The fourth-order valence-corrected chi connectivity index (χ4v) is 10.4. The maximum absolute atomic E-state index is 12.8. The molecule has 4 saturated carbocycles. The van der Waals surface area contributed by atoms with Crippen molar-refractivity contribution in [2.75, 3.05) is 0 Å². The van der Waals surface area contributed by atoms with Gasteiger partial charge in [-0.3, -0.25) is 4.79 Å². The molecule has 5 fully saturated rings. The number of Topliss-reactive ketones (excluding diaryl/α,β-unsaturated/α-hetero) is 1. The summed E-state index contributed by atoms with van der Waals surface area (Å²) in [6.07, 6.45) is 11.8. The van der Waals surface area contributed by atoms with E-state index in [0.717, 1.165) is 43.4 Å². The van der Waals surface area contributed by atoms with E-state index in [1.807, 2.05) is 13.8 Å². The monoisotopic (exact) mass is 444 g/mol. The van der Waals surface area contributed by atoms with E-state index in [4.69, 9.17) is 4.74 Å². The molecule has 1 N–H and O–H groups in total. The van der Waals surface area contributed by atoms with Crippen LogP contribution in [0.4, 0.5) is 0 Å². The van der Waals surface area contributed by atoms with E-state index in [1.54, 1.807) is 0 Å². The number of hydrogen-bond donors (Lipinski definition) is 1. The lowest BCUT2D eigenvalue weighted by atomic mass is 9.40. The minimum atomic E-state index is -0.754. The second kappa shape index (κ2) is 7.06. The summed E-state index contributed by atoms with van der Waals surface area (Å²) >= 11 is 0. The highest BCUT2D eigenvalue weighted by Gasteiger charge is 2.65. The van der Waals surface area contributed by atoms with Crippen LogP contribution in [0, 0.1) is 45.8 Å². The van der Waals surface area contributed by atoms with Crippen LogP contribution in [0.2, 0.25) is 0 Å². The highest BCUT2D eigenvalue weighted by Crippen LogP contribution is 2.71. The number of ether oxygens (including phenoxy) is 1. The van der Waals surface area contributed by atoms with Gasteiger partial charge in [-0.15, -0.1) is 0 Å². The highest BCUT2D eigenvalue weighted by atomic mass is 16.5. The summed E-state index contributed by atoms with van der Waals surface area (Å²) in [5.74, 6) is 4.00. The molecule has 4 aliphatic carbocycles. The van der Waals surface area contributed by atoms with Gasteiger partial charge in [0.25, 0.3) is 0 Å². The van der Waals surface area contributed by atoms with Crippen molar-refractivity contribution >= 4 is 5.78 Å². The molecule has 0 amide bonds. The van der Waals surface area contributed by atoms with Crippen molar-refractivity contribution < 1.29 is 14.6 Å². The van der Waals surface area contributed by atoms with Crippen molar-refractivity contribution in [3.8, 4) is 0 Å². The molecule has 0 bridgehead atoms. The lowest BCUT2D eigenvalue weighted by Gasteiger charge is -2.64. The molecule has 1 saturated heterocycles. The molecule has 32 heavy (non-hydrogen) atoms. The molecule has 0 aromatic carbocycles. The Bertz CT molecular complexity index is 780. The van der Waals surface area contributed by atoms with Crippen LogP contribution in [0.1, 0.15) is 113 Å². The second-order valence-corrected chi connectivity index (χ2v) is 14.4.